The summed E-state index contributed by atoms with van der Waals surface area (Å²) in [6.07, 6.45) is 2.70. The molecule has 92 valence electrons. The van der Waals surface area contributed by atoms with Crippen LogP contribution in [-0.4, -0.2) is 30.4 Å². The highest BCUT2D eigenvalue weighted by molar-refractivity contribution is 5.76. The van der Waals surface area contributed by atoms with Crippen LogP contribution in [0.25, 0.3) is 0 Å². The molecule has 0 unspecified atom stereocenters. The number of nitrogens with two attached hydrogens (primary N) is 1. The van der Waals surface area contributed by atoms with Crippen molar-refractivity contribution in [1.29, 1.82) is 5.26 Å². The molecule has 0 aromatic heterocycles. The van der Waals surface area contributed by atoms with E-state index in [9.17, 15) is 4.79 Å². The number of unbranched alkanes of at least 4 members (excludes halogenated alkanes) is 1. The number of hydrogen-bond acceptors (Lipinski definition) is 3. The Hall–Kier alpha value is -1.08. The van der Waals surface area contributed by atoms with Crippen molar-refractivity contribution in [3.63, 3.8) is 0 Å². The van der Waals surface area contributed by atoms with Gasteiger partial charge in [-0.2, -0.15) is 5.26 Å². The fraction of sp³-hybridized carbons (Fsp3) is 0.833. The van der Waals surface area contributed by atoms with Gasteiger partial charge in [-0.1, -0.05) is 13.8 Å². The van der Waals surface area contributed by atoms with Crippen LogP contribution in [0.15, 0.2) is 0 Å². The van der Waals surface area contributed by atoms with Crippen LogP contribution in [0.3, 0.4) is 0 Å². The predicted molar refractivity (Wildman–Crippen MR) is 64.6 cm³/mol. The van der Waals surface area contributed by atoms with Crippen molar-refractivity contribution in [3.05, 3.63) is 0 Å². The number of nitriles is 1. The average molecular weight is 225 g/mol. The Morgan fingerprint density at radius 1 is 1.44 bits per heavy atom. The molecule has 0 saturated heterocycles. The normalized spacial score (nSPS) is 10.2. The average Bonchev–Trinajstić information content (AvgIpc) is 2.23. The van der Waals surface area contributed by atoms with Gasteiger partial charge in [-0.15, -0.1) is 0 Å². The minimum atomic E-state index is 0.150. The summed E-state index contributed by atoms with van der Waals surface area (Å²) >= 11 is 0. The molecule has 2 N–H and O–H groups in total. The fourth-order valence-electron chi connectivity index (χ4n) is 1.52. The third-order valence-corrected chi connectivity index (χ3v) is 2.28. The van der Waals surface area contributed by atoms with E-state index in [1.807, 2.05) is 0 Å². The van der Waals surface area contributed by atoms with Crippen LogP contribution >= 0.6 is 0 Å². The van der Waals surface area contributed by atoms with Crippen molar-refractivity contribution in [2.24, 2.45) is 11.7 Å². The molecular formula is C12H23N3O. The molecule has 0 atom stereocenters. The van der Waals surface area contributed by atoms with Gasteiger partial charge in [0.2, 0.25) is 5.91 Å². The minimum absolute atomic E-state index is 0.150. The Morgan fingerprint density at radius 3 is 2.62 bits per heavy atom. The highest BCUT2D eigenvalue weighted by Gasteiger charge is 2.13. The second kappa shape index (κ2) is 9.17. The predicted octanol–water partition coefficient (Wildman–Crippen LogP) is 1.51. The molecule has 0 radical (unpaired) electrons. The molecule has 0 aliphatic heterocycles. The molecule has 0 aromatic carbocycles. The van der Waals surface area contributed by atoms with Crippen molar-refractivity contribution < 1.29 is 4.79 Å². The van der Waals surface area contributed by atoms with Crippen molar-refractivity contribution in [2.75, 3.05) is 19.6 Å². The quantitative estimate of drug-likeness (QED) is 0.637. The monoisotopic (exact) mass is 225 g/mol. The molecule has 0 aliphatic rings. The molecule has 0 bridgehead atoms. The van der Waals surface area contributed by atoms with E-state index in [-0.39, 0.29) is 5.91 Å². The molecule has 0 fully saturated rings. The first-order valence-corrected chi connectivity index (χ1v) is 5.96. The van der Waals surface area contributed by atoms with Gasteiger partial charge in [0, 0.05) is 19.5 Å². The Kier molecular flexibility index (Phi) is 8.55. The zero-order chi connectivity index (χ0) is 12.4. The molecule has 0 spiro atoms. The zero-order valence-corrected chi connectivity index (χ0v) is 10.4. The van der Waals surface area contributed by atoms with Gasteiger partial charge in [-0.3, -0.25) is 4.79 Å². The number of nitrogens with zero attached hydrogens (tertiary/aromatic N) is 2. The van der Waals surface area contributed by atoms with E-state index >= 15 is 0 Å². The number of carbonyl (C=O) groups excluding carboxylic acids is 1. The Balaban J connectivity index is 4.05. The molecule has 1 amide bonds. The van der Waals surface area contributed by atoms with Crippen LogP contribution in [0.4, 0.5) is 0 Å². The first kappa shape index (κ1) is 14.9. The van der Waals surface area contributed by atoms with Gasteiger partial charge >= 0.3 is 0 Å². The van der Waals surface area contributed by atoms with Gasteiger partial charge < -0.3 is 10.6 Å². The van der Waals surface area contributed by atoms with Crippen molar-refractivity contribution in [2.45, 2.75) is 39.5 Å². The van der Waals surface area contributed by atoms with Gasteiger partial charge in [0.15, 0.2) is 0 Å². The minimum Gasteiger partial charge on any atom is -0.341 e. The largest absolute Gasteiger partial charge is 0.341 e. The second-order valence-corrected chi connectivity index (χ2v) is 4.39. The summed E-state index contributed by atoms with van der Waals surface area (Å²) < 4.78 is 0. The Labute approximate surface area is 98.4 Å². The summed E-state index contributed by atoms with van der Waals surface area (Å²) in [5.41, 5.74) is 5.38. The van der Waals surface area contributed by atoms with Crippen molar-refractivity contribution in [3.8, 4) is 6.07 Å². The summed E-state index contributed by atoms with van der Waals surface area (Å²) in [6.45, 7) is 6.08. The summed E-state index contributed by atoms with van der Waals surface area (Å²) in [4.78, 5) is 13.6. The van der Waals surface area contributed by atoms with E-state index < -0.39 is 0 Å². The van der Waals surface area contributed by atoms with E-state index in [0.717, 1.165) is 19.4 Å². The first-order chi connectivity index (χ1) is 7.61. The summed E-state index contributed by atoms with van der Waals surface area (Å²) in [7, 11) is 0. The maximum absolute atomic E-state index is 11.8. The van der Waals surface area contributed by atoms with Crippen LogP contribution in [0.5, 0.6) is 0 Å². The number of rotatable bonds is 8. The van der Waals surface area contributed by atoms with Gasteiger partial charge in [-0.25, -0.2) is 0 Å². The molecule has 0 aliphatic carbocycles. The number of hydrogen-bond donors (Lipinski definition) is 1. The maximum atomic E-state index is 11.8. The van der Waals surface area contributed by atoms with Crippen LogP contribution in [-0.2, 0) is 4.79 Å². The second-order valence-electron chi connectivity index (χ2n) is 4.39. The molecule has 4 nitrogen and oxygen atoms in total. The van der Waals surface area contributed by atoms with Crippen LogP contribution < -0.4 is 5.73 Å². The molecular weight excluding hydrogens is 202 g/mol. The van der Waals surface area contributed by atoms with Crippen LogP contribution in [0.2, 0.25) is 0 Å². The van der Waals surface area contributed by atoms with E-state index in [2.05, 4.69) is 19.9 Å². The van der Waals surface area contributed by atoms with Crippen LogP contribution in [0, 0.1) is 17.2 Å². The summed E-state index contributed by atoms with van der Waals surface area (Å²) in [6, 6.07) is 2.08. The molecule has 0 rings (SSSR count). The molecule has 0 heterocycles. The summed E-state index contributed by atoms with van der Waals surface area (Å²) in [5.74, 6) is 0.592. The van der Waals surface area contributed by atoms with E-state index in [1.54, 1.807) is 4.90 Å². The van der Waals surface area contributed by atoms with Gasteiger partial charge in [0.25, 0.3) is 0 Å². The lowest BCUT2D eigenvalue weighted by atomic mass is 10.1. The van der Waals surface area contributed by atoms with Gasteiger partial charge in [0.05, 0.1) is 12.5 Å². The molecule has 0 saturated carbocycles. The summed E-state index contributed by atoms with van der Waals surface area (Å²) in [5, 5.41) is 8.54. The molecule has 4 heteroatoms. The third kappa shape index (κ3) is 7.24. The highest BCUT2D eigenvalue weighted by atomic mass is 16.2. The zero-order valence-electron chi connectivity index (χ0n) is 10.4. The lowest BCUT2D eigenvalue weighted by Crippen LogP contribution is -2.34. The third-order valence-electron chi connectivity index (χ3n) is 2.28. The van der Waals surface area contributed by atoms with Crippen molar-refractivity contribution >= 4 is 5.91 Å². The van der Waals surface area contributed by atoms with E-state index in [4.69, 9.17) is 11.0 Å². The highest BCUT2D eigenvalue weighted by Crippen LogP contribution is 2.05. The Morgan fingerprint density at radius 2 is 2.12 bits per heavy atom. The lowest BCUT2D eigenvalue weighted by Gasteiger charge is -2.23. The maximum Gasteiger partial charge on any atom is 0.222 e. The Bertz CT molecular complexity index is 233. The molecule has 16 heavy (non-hydrogen) atoms. The van der Waals surface area contributed by atoms with Gasteiger partial charge in [-0.05, 0) is 25.3 Å². The first-order valence-electron chi connectivity index (χ1n) is 5.96. The fourth-order valence-corrected chi connectivity index (χ4v) is 1.52. The van der Waals surface area contributed by atoms with E-state index in [0.29, 0.717) is 31.8 Å². The topological polar surface area (TPSA) is 70.1 Å². The van der Waals surface area contributed by atoms with Crippen LogP contribution in [0.1, 0.15) is 39.5 Å². The lowest BCUT2D eigenvalue weighted by molar-refractivity contribution is -0.131. The SMILES string of the molecule is CC(C)CN(CCC#N)C(=O)CCCCN. The van der Waals surface area contributed by atoms with Crippen molar-refractivity contribution in [1.82, 2.24) is 4.90 Å². The smallest absolute Gasteiger partial charge is 0.222 e. The van der Waals surface area contributed by atoms with Gasteiger partial charge in [0.1, 0.15) is 0 Å². The molecule has 0 aromatic rings. The van der Waals surface area contributed by atoms with E-state index in [1.165, 1.54) is 0 Å². The standard InChI is InChI=1S/C12H23N3O/c1-11(2)10-15(9-5-8-14)12(16)6-3-4-7-13/h11H,3-7,9-10,13H2,1-2H3. The number of amides is 1. The number of carbonyl (C=O) groups is 1.